The molecule has 1 aliphatic rings. The van der Waals surface area contributed by atoms with Gasteiger partial charge in [0.2, 0.25) is 10.0 Å². The normalized spacial score (nSPS) is 15.6. The average molecular weight is 433 g/mol. The highest BCUT2D eigenvalue weighted by Crippen LogP contribution is 2.29. The van der Waals surface area contributed by atoms with Gasteiger partial charge in [-0.25, -0.2) is 17.5 Å². The first-order valence-electron chi connectivity index (χ1n) is 9.57. The Bertz CT molecular complexity index is 1100. The van der Waals surface area contributed by atoms with Crippen LogP contribution in [0.25, 0.3) is 11.1 Å². The third-order valence-corrected chi connectivity index (χ3v) is 6.49. The molecule has 7 nitrogen and oxygen atoms in total. The van der Waals surface area contributed by atoms with E-state index in [0.29, 0.717) is 28.2 Å². The molecule has 0 amide bonds. The van der Waals surface area contributed by atoms with Gasteiger partial charge in [0, 0.05) is 17.2 Å². The fourth-order valence-corrected chi connectivity index (χ4v) is 4.73. The van der Waals surface area contributed by atoms with Gasteiger partial charge in [0.25, 0.3) is 0 Å². The maximum Gasteiger partial charge on any atom is 0.241 e. The molecule has 4 N–H and O–H groups in total. The summed E-state index contributed by atoms with van der Waals surface area (Å²) in [6, 6.07) is 10.3. The van der Waals surface area contributed by atoms with Crippen LogP contribution in [0.1, 0.15) is 19.4 Å². The molecule has 0 aliphatic carbocycles. The number of hydrogen-bond acceptors (Lipinski definition) is 6. The number of aliphatic hydroxyl groups excluding tert-OH is 1. The number of hydrogen-bond donors (Lipinski definition) is 3. The number of amidine groups is 1. The van der Waals surface area contributed by atoms with Gasteiger partial charge >= 0.3 is 0 Å². The molecular weight excluding hydrogens is 407 g/mol. The molecule has 1 aliphatic heterocycles. The monoisotopic (exact) mass is 432 g/mol. The van der Waals surface area contributed by atoms with Gasteiger partial charge in [0.15, 0.2) is 0 Å². The van der Waals surface area contributed by atoms with Crippen molar-refractivity contribution in [1.29, 1.82) is 0 Å². The first-order chi connectivity index (χ1) is 14.2. The van der Waals surface area contributed by atoms with Gasteiger partial charge < -0.3 is 10.8 Å². The molecule has 0 spiro atoms. The molecule has 3 rings (SSSR count). The molecule has 0 radical (unpaired) electrons. The highest BCUT2D eigenvalue weighted by atomic mass is 32.2. The van der Waals surface area contributed by atoms with Crippen molar-refractivity contribution < 1.29 is 17.9 Å². The highest BCUT2D eigenvalue weighted by Gasteiger charge is 2.25. The Hall–Kier alpha value is -2.62. The van der Waals surface area contributed by atoms with Crippen LogP contribution in [0.5, 0.6) is 0 Å². The molecule has 30 heavy (non-hydrogen) atoms. The smallest absolute Gasteiger partial charge is 0.241 e. The Kier molecular flexibility index (Phi) is 6.64. The quantitative estimate of drug-likeness (QED) is 0.620. The van der Waals surface area contributed by atoms with Crippen LogP contribution in [0, 0.1) is 11.7 Å². The zero-order valence-corrected chi connectivity index (χ0v) is 17.7. The molecule has 2 aromatic carbocycles. The second kappa shape index (κ2) is 9.03. The standard InChI is InChI=1S/C21H25FN4O3S/c1-13(2)19(12-27)26-30(28,29)20-6-4-3-5-15(20)14-7-8-16(17(22)9-14)18-10-25-21(23)11-24-18/h3-9,13,19,26-27H,10-12H2,1-2H3,(H2,23,25). The summed E-state index contributed by atoms with van der Waals surface area (Å²) in [4.78, 5) is 8.36. The minimum atomic E-state index is -3.93. The first-order valence-corrected chi connectivity index (χ1v) is 11.1. The summed E-state index contributed by atoms with van der Waals surface area (Å²) >= 11 is 0. The topological polar surface area (TPSA) is 117 Å². The van der Waals surface area contributed by atoms with Crippen LogP contribution in [0.2, 0.25) is 0 Å². The third kappa shape index (κ3) is 4.75. The zero-order chi connectivity index (χ0) is 21.9. The lowest BCUT2D eigenvalue weighted by molar-refractivity contribution is 0.227. The molecular formula is C21H25FN4O3S. The van der Waals surface area contributed by atoms with E-state index in [2.05, 4.69) is 14.7 Å². The number of nitrogens with one attached hydrogen (secondary N) is 1. The molecule has 1 unspecified atom stereocenters. The van der Waals surface area contributed by atoms with Gasteiger partial charge in [-0.2, -0.15) is 0 Å². The minimum absolute atomic E-state index is 0.0173. The first kappa shape index (κ1) is 22.1. The van der Waals surface area contributed by atoms with Crippen LogP contribution in [0.4, 0.5) is 4.39 Å². The summed E-state index contributed by atoms with van der Waals surface area (Å²) in [6.07, 6.45) is 0. The zero-order valence-electron chi connectivity index (χ0n) is 16.8. The Labute approximate surface area is 175 Å². The van der Waals surface area contributed by atoms with E-state index in [4.69, 9.17) is 5.73 Å². The summed E-state index contributed by atoms with van der Waals surface area (Å²) in [5.41, 5.74) is 7.20. The van der Waals surface area contributed by atoms with Crippen molar-refractivity contribution in [1.82, 2.24) is 4.72 Å². The van der Waals surface area contributed by atoms with Crippen LogP contribution in [0.15, 0.2) is 57.3 Å². The molecule has 1 heterocycles. The number of nitrogens with two attached hydrogens (primary N) is 1. The van der Waals surface area contributed by atoms with Crippen molar-refractivity contribution in [3.8, 4) is 11.1 Å². The Balaban J connectivity index is 1.97. The number of aliphatic hydroxyl groups is 1. The third-order valence-electron chi connectivity index (χ3n) is 4.94. The van der Waals surface area contributed by atoms with E-state index in [1.54, 1.807) is 30.3 Å². The summed E-state index contributed by atoms with van der Waals surface area (Å²) in [5.74, 6) is -0.205. The second-order valence-electron chi connectivity index (χ2n) is 7.42. The summed E-state index contributed by atoms with van der Waals surface area (Å²) in [7, 11) is -3.93. The average Bonchev–Trinajstić information content (AvgIpc) is 2.72. The molecule has 0 aromatic heterocycles. The molecule has 9 heteroatoms. The molecule has 160 valence electrons. The molecule has 0 bridgehead atoms. The Morgan fingerprint density at radius 3 is 2.47 bits per heavy atom. The van der Waals surface area contributed by atoms with E-state index in [-0.39, 0.29) is 30.5 Å². The van der Waals surface area contributed by atoms with E-state index in [0.717, 1.165) is 0 Å². The Morgan fingerprint density at radius 2 is 1.87 bits per heavy atom. The lowest BCUT2D eigenvalue weighted by atomic mass is 10.0. The van der Waals surface area contributed by atoms with Crippen molar-refractivity contribution in [3.05, 3.63) is 53.8 Å². The van der Waals surface area contributed by atoms with E-state index >= 15 is 0 Å². The van der Waals surface area contributed by atoms with Gasteiger partial charge in [-0.05, 0) is 29.7 Å². The van der Waals surface area contributed by atoms with Gasteiger partial charge in [-0.1, -0.05) is 38.1 Å². The fraction of sp³-hybridized carbons (Fsp3) is 0.333. The number of benzene rings is 2. The number of rotatable bonds is 7. The highest BCUT2D eigenvalue weighted by molar-refractivity contribution is 7.89. The van der Waals surface area contributed by atoms with Crippen molar-refractivity contribution >= 4 is 21.6 Å². The maximum atomic E-state index is 14.9. The van der Waals surface area contributed by atoms with E-state index in [1.807, 2.05) is 13.8 Å². The minimum Gasteiger partial charge on any atom is -0.395 e. The lowest BCUT2D eigenvalue weighted by Gasteiger charge is -2.21. The molecule has 0 saturated carbocycles. The Morgan fingerprint density at radius 1 is 1.13 bits per heavy atom. The molecule has 0 saturated heterocycles. The van der Waals surface area contributed by atoms with Crippen molar-refractivity contribution in [2.24, 2.45) is 21.6 Å². The van der Waals surface area contributed by atoms with Crippen LogP contribution < -0.4 is 10.5 Å². The summed E-state index contributed by atoms with van der Waals surface area (Å²) in [6.45, 7) is 3.74. The molecule has 0 fully saturated rings. The van der Waals surface area contributed by atoms with E-state index in [9.17, 15) is 17.9 Å². The van der Waals surface area contributed by atoms with Gasteiger partial charge in [0.1, 0.15) is 11.7 Å². The predicted octanol–water partition coefficient (Wildman–Crippen LogP) is 1.95. The van der Waals surface area contributed by atoms with Crippen LogP contribution in [-0.2, 0) is 10.0 Å². The predicted molar refractivity (Wildman–Crippen MR) is 116 cm³/mol. The maximum absolute atomic E-state index is 14.9. The fourth-order valence-electron chi connectivity index (χ4n) is 3.13. The van der Waals surface area contributed by atoms with Crippen LogP contribution >= 0.6 is 0 Å². The van der Waals surface area contributed by atoms with Crippen molar-refractivity contribution in [2.45, 2.75) is 24.8 Å². The summed E-state index contributed by atoms with van der Waals surface area (Å²) < 4.78 is 43.3. The summed E-state index contributed by atoms with van der Waals surface area (Å²) in [5, 5.41) is 9.50. The van der Waals surface area contributed by atoms with E-state index in [1.165, 1.54) is 12.1 Å². The van der Waals surface area contributed by atoms with Crippen LogP contribution in [0.3, 0.4) is 0 Å². The van der Waals surface area contributed by atoms with E-state index < -0.39 is 21.9 Å². The lowest BCUT2D eigenvalue weighted by Crippen LogP contribution is -2.41. The number of halogens is 1. The molecule has 2 aromatic rings. The van der Waals surface area contributed by atoms with Crippen molar-refractivity contribution in [3.63, 3.8) is 0 Å². The number of sulfonamides is 1. The number of aliphatic imine (C=N–C) groups is 2. The van der Waals surface area contributed by atoms with Gasteiger partial charge in [-0.15, -0.1) is 0 Å². The second-order valence-corrected chi connectivity index (χ2v) is 9.10. The van der Waals surface area contributed by atoms with Gasteiger partial charge in [-0.3, -0.25) is 9.98 Å². The van der Waals surface area contributed by atoms with Crippen LogP contribution in [-0.4, -0.2) is 50.8 Å². The van der Waals surface area contributed by atoms with Crippen molar-refractivity contribution in [2.75, 3.05) is 19.7 Å². The molecule has 1 atom stereocenters. The van der Waals surface area contributed by atoms with Gasteiger partial charge in [0.05, 0.1) is 30.3 Å². The largest absolute Gasteiger partial charge is 0.395 e. The number of nitrogens with zero attached hydrogens (tertiary/aromatic N) is 2. The SMILES string of the molecule is CC(C)C(CO)NS(=O)(=O)c1ccccc1-c1ccc(C2=NCC(N)=NC2)c(F)c1.